The van der Waals surface area contributed by atoms with Gasteiger partial charge in [-0.25, -0.2) is 9.97 Å². The van der Waals surface area contributed by atoms with Crippen LogP contribution in [0.25, 0.3) is 0 Å². The van der Waals surface area contributed by atoms with Gasteiger partial charge in [0, 0.05) is 13.0 Å². The number of halogens is 1. The molecule has 0 amide bonds. The van der Waals surface area contributed by atoms with Crippen molar-refractivity contribution in [3.63, 3.8) is 0 Å². The van der Waals surface area contributed by atoms with Crippen molar-refractivity contribution in [2.45, 2.75) is 20.3 Å². The molecule has 0 saturated heterocycles. The normalized spacial score (nSPS) is 10.5. The molecule has 4 nitrogen and oxygen atoms in total. The van der Waals surface area contributed by atoms with E-state index in [4.69, 9.17) is 17.3 Å². The molecule has 1 aromatic rings. The average Bonchev–Trinajstić information content (AvgIpc) is 2.20. The molecule has 0 bridgehead atoms. The first-order valence-corrected chi connectivity index (χ1v) is 5.59. The van der Waals surface area contributed by atoms with Gasteiger partial charge in [0.25, 0.3) is 0 Å². The number of aromatic nitrogens is 2. The Morgan fingerprint density at radius 2 is 2.19 bits per heavy atom. The quantitative estimate of drug-likeness (QED) is 0.613. The molecule has 0 radical (unpaired) electrons. The minimum absolute atomic E-state index is 0.303. The zero-order valence-corrected chi connectivity index (χ0v) is 10.4. The Hall–Kier alpha value is -1.29. The summed E-state index contributed by atoms with van der Waals surface area (Å²) >= 11 is 5.94. The molecule has 3 N–H and O–H groups in total. The molecule has 0 atom stereocenters. The van der Waals surface area contributed by atoms with Crippen molar-refractivity contribution in [3.05, 3.63) is 23.6 Å². The van der Waals surface area contributed by atoms with Crippen LogP contribution >= 0.6 is 11.6 Å². The molecule has 88 valence electrons. The number of hydrogen-bond acceptors (Lipinski definition) is 4. The largest absolute Gasteiger partial charge is 0.393 e. The monoisotopic (exact) mass is 240 g/mol. The summed E-state index contributed by atoms with van der Waals surface area (Å²) in [5, 5.41) is 3.34. The Balaban J connectivity index is 2.96. The van der Waals surface area contributed by atoms with Crippen LogP contribution < -0.4 is 11.1 Å². The molecule has 1 rings (SSSR count). The van der Waals surface area contributed by atoms with Crippen molar-refractivity contribution in [1.29, 1.82) is 0 Å². The van der Waals surface area contributed by atoms with E-state index in [0.29, 0.717) is 34.9 Å². The number of hydrogen-bond donors (Lipinski definition) is 2. The van der Waals surface area contributed by atoms with Gasteiger partial charge in [-0.1, -0.05) is 31.5 Å². The predicted molar refractivity (Wildman–Crippen MR) is 68.7 cm³/mol. The first kappa shape index (κ1) is 12.8. The molecule has 0 fully saturated rings. The second kappa shape index (κ2) is 5.70. The Labute approximate surface area is 101 Å². The van der Waals surface area contributed by atoms with E-state index in [-0.39, 0.29) is 0 Å². The smallest absolute Gasteiger partial charge is 0.157 e. The lowest BCUT2D eigenvalue weighted by atomic mass is 10.1. The van der Waals surface area contributed by atoms with Gasteiger partial charge in [0.05, 0.1) is 0 Å². The van der Waals surface area contributed by atoms with Gasteiger partial charge in [-0.2, -0.15) is 0 Å². The predicted octanol–water partition coefficient (Wildman–Crippen LogP) is 2.51. The van der Waals surface area contributed by atoms with Gasteiger partial charge in [0.2, 0.25) is 0 Å². The molecule has 0 unspecified atom stereocenters. The van der Waals surface area contributed by atoms with Crippen molar-refractivity contribution >= 4 is 23.1 Å². The van der Waals surface area contributed by atoms with Gasteiger partial charge < -0.3 is 11.1 Å². The van der Waals surface area contributed by atoms with E-state index >= 15 is 0 Å². The fourth-order valence-electron chi connectivity index (χ4n) is 1.25. The van der Waals surface area contributed by atoms with E-state index in [2.05, 4.69) is 35.7 Å². The summed E-state index contributed by atoms with van der Waals surface area (Å²) in [6.45, 7) is 8.42. The van der Waals surface area contributed by atoms with Gasteiger partial charge in [-0.05, 0) is 5.92 Å². The summed E-state index contributed by atoms with van der Waals surface area (Å²) in [5.41, 5.74) is 6.15. The Morgan fingerprint density at radius 3 is 2.75 bits per heavy atom. The highest BCUT2D eigenvalue weighted by Crippen LogP contribution is 2.24. The highest BCUT2D eigenvalue weighted by molar-refractivity contribution is 6.32. The van der Waals surface area contributed by atoms with Gasteiger partial charge in [0.1, 0.15) is 11.5 Å². The van der Waals surface area contributed by atoms with Crippen molar-refractivity contribution in [2.75, 3.05) is 17.6 Å². The fourth-order valence-corrected chi connectivity index (χ4v) is 1.43. The zero-order chi connectivity index (χ0) is 12.1. The highest BCUT2D eigenvalue weighted by Gasteiger charge is 2.10. The third kappa shape index (κ3) is 3.38. The molecule has 1 heterocycles. The zero-order valence-electron chi connectivity index (χ0n) is 9.63. The topological polar surface area (TPSA) is 63.8 Å². The molecule has 0 aliphatic heterocycles. The van der Waals surface area contributed by atoms with Crippen LogP contribution in [-0.2, 0) is 6.42 Å². The van der Waals surface area contributed by atoms with E-state index in [0.717, 1.165) is 6.42 Å². The lowest BCUT2D eigenvalue weighted by Crippen LogP contribution is -2.10. The van der Waals surface area contributed by atoms with Crippen molar-refractivity contribution in [2.24, 2.45) is 5.92 Å². The molecule has 0 spiro atoms. The first-order valence-electron chi connectivity index (χ1n) is 5.21. The van der Waals surface area contributed by atoms with Crippen molar-refractivity contribution in [1.82, 2.24) is 9.97 Å². The maximum absolute atomic E-state index is 5.94. The fraction of sp³-hybridized carbons (Fsp3) is 0.455. The molecule has 0 aliphatic carbocycles. The highest BCUT2D eigenvalue weighted by atomic mass is 35.5. The average molecular weight is 241 g/mol. The molecule has 1 aromatic heterocycles. The third-order valence-electron chi connectivity index (χ3n) is 1.95. The van der Waals surface area contributed by atoms with Crippen LogP contribution in [0, 0.1) is 5.92 Å². The first-order chi connectivity index (χ1) is 7.54. The summed E-state index contributed by atoms with van der Waals surface area (Å²) in [6.07, 6.45) is 2.51. The van der Waals surface area contributed by atoms with Gasteiger partial charge in [-0.3, -0.25) is 0 Å². The molecular weight excluding hydrogens is 224 g/mol. The maximum Gasteiger partial charge on any atom is 0.157 e. The number of anilines is 2. The Morgan fingerprint density at radius 1 is 1.50 bits per heavy atom. The van der Waals surface area contributed by atoms with Crippen molar-refractivity contribution < 1.29 is 0 Å². The van der Waals surface area contributed by atoms with Crippen LogP contribution in [0.2, 0.25) is 5.15 Å². The second-order valence-corrected chi connectivity index (χ2v) is 4.32. The van der Waals surface area contributed by atoms with Crippen LogP contribution in [0.1, 0.15) is 19.7 Å². The number of nitrogens with two attached hydrogens (primary N) is 1. The lowest BCUT2D eigenvalue weighted by molar-refractivity contribution is 0.621. The SMILES string of the molecule is C=CCNc1nc(CC(C)C)nc(Cl)c1N. The Bertz CT molecular complexity index is 376. The standard InChI is InChI=1S/C11H17ClN4/c1-4-5-14-11-9(13)10(12)15-8(16-11)6-7(2)3/h4,7H,1,5-6,13H2,2-3H3,(H,14,15,16). The second-order valence-electron chi connectivity index (χ2n) is 3.96. The summed E-state index contributed by atoms with van der Waals surface area (Å²) in [4.78, 5) is 8.48. The maximum atomic E-state index is 5.94. The molecular formula is C11H17ClN4. The van der Waals surface area contributed by atoms with Crippen LogP contribution in [0.4, 0.5) is 11.5 Å². The van der Waals surface area contributed by atoms with Crippen molar-refractivity contribution in [3.8, 4) is 0 Å². The molecule has 0 aliphatic rings. The van der Waals surface area contributed by atoms with E-state index in [1.807, 2.05) is 0 Å². The molecule has 0 saturated carbocycles. The van der Waals surface area contributed by atoms with E-state index in [9.17, 15) is 0 Å². The summed E-state index contributed by atoms with van der Waals surface area (Å²) < 4.78 is 0. The minimum Gasteiger partial charge on any atom is -0.393 e. The summed E-state index contributed by atoms with van der Waals surface area (Å²) in [6, 6.07) is 0. The molecule has 16 heavy (non-hydrogen) atoms. The minimum atomic E-state index is 0.303. The number of nitrogen functional groups attached to an aromatic ring is 1. The number of nitrogens with zero attached hydrogens (tertiary/aromatic N) is 2. The lowest BCUT2D eigenvalue weighted by Gasteiger charge is -2.10. The third-order valence-corrected chi connectivity index (χ3v) is 2.24. The van der Waals surface area contributed by atoms with Crippen LogP contribution in [0.3, 0.4) is 0 Å². The van der Waals surface area contributed by atoms with Crippen LogP contribution in [0.5, 0.6) is 0 Å². The number of rotatable bonds is 5. The van der Waals surface area contributed by atoms with E-state index in [1.54, 1.807) is 6.08 Å². The van der Waals surface area contributed by atoms with Gasteiger partial charge in [0.15, 0.2) is 11.0 Å². The summed E-state index contributed by atoms with van der Waals surface area (Å²) in [5.74, 6) is 1.77. The van der Waals surface area contributed by atoms with E-state index in [1.165, 1.54) is 0 Å². The molecule has 0 aromatic carbocycles. The molecule has 5 heteroatoms. The van der Waals surface area contributed by atoms with Crippen LogP contribution in [-0.4, -0.2) is 16.5 Å². The summed E-state index contributed by atoms with van der Waals surface area (Å²) in [7, 11) is 0. The Kier molecular flexibility index (Phi) is 4.55. The van der Waals surface area contributed by atoms with E-state index < -0.39 is 0 Å². The van der Waals surface area contributed by atoms with Crippen LogP contribution in [0.15, 0.2) is 12.7 Å². The number of nitrogens with one attached hydrogen (secondary N) is 1. The van der Waals surface area contributed by atoms with Gasteiger partial charge in [-0.15, -0.1) is 6.58 Å². The van der Waals surface area contributed by atoms with Gasteiger partial charge >= 0.3 is 0 Å².